The maximum Gasteiger partial charge on any atom is 0.339 e. The Kier molecular flexibility index (Phi) is 6.47. The maximum absolute atomic E-state index is 12.6. The molecule has 0 unspecified atom stereocenters. The van der Waals surface area contributed by atoms with Crippen LogP contribution in [0.4, 0.5) is 5.69 Å². The topological polar surface area (TPSA) is 66.9 Å². The van der Waals surface area contributed by atoms with Gasteiger partial charge in [-0.05, 0) is 54.3 Å². The Bertz CT molecular complexity index is 930. The maximum atomic E-state index is 12.6. The first kappa shape index (κ1) is 21.2. The van der Waals surface area contributed by atoms with Crippen molar-refractivity contribution in [3.05, 3.63) is 54.1 Å². The molecule has 0 bridgehead atoms. The highest BCUT2D eigenvalue weighted by Gasteiger charge is 2.20. The Morgan fingerprint density at radius 3 is 2.07 bits per heavy atom. The van der Waals surface area contributed by atoms with E-state index in [0.29, 0.717) is 19.0 Å². The van der Waals surface area contributed by atoms with Crippen LogP contribution in [-0.4, -0.2) is 45.4 Å². The van der Waals surface area contributed by atoms with Gasteiger partial charge >= 0.3 is 10.1 Å². The standard InChI is InChI=1S/C22H28N2O4S/c1-17(2)16-19-4-10-22(11-5-19)29(26,27)28-21-8-6-20(7-9-21)24-14-12-23(13-15-24)18(3)25/h4-11,17H,12-16H2,1-3H3. The van der Waals surface area contributed by atoms with Crippen LogP contribution in [0.2, 0.25) is 0 Å². The van der Waals surface area contributed by atoms with E-state index in [1.807, 2.05) is 29.2 Å². The molecule has 156 valence electrons. The van der Waals surface area contributed by atoms with Gasteiger partial charge in [-0.1, -0.05) is 26.0 Å². The SMILES string of the molecule is CC(=O)N1CCN(c2ccc(OS(=O)(=O)c3ccc(CC(C)C)cc3)cc2)CC1. The number of carbonyl (C=O) groups excluding carboxylic acids is 1. The van der Waals surface area contributed by atoms with E-state index in [9.17, 15) is 13.2 Å². The monoisotopic (exact) mass is 416 g/mol. The van der Waals surface area contributed by atoms with Gasteiger partial charge in [0.15, 0.2) is 0 Å². The van der Waals surface area contributed by atoms with Gasteiger partial charge < -0.3 is 14.0 Å². The van der Waals surface area contributed by atoms with Crippen molar-refractivity contribution < 1.29 is 17.4 Å². The third kappa shape index (κ3) is 5.50. The predicted molar refractivity (Wildman–Crippen MR) is 114 cm³/mol. The van der Waals surface area contributed by atoms with Gasteiger partial charge in [0.25, 0.3) is 0 Å². The fourth-order valence-electron chi connectivity index (χ4n) is 3.43. The van der Waals surface area contributed by atoms with Crippen LogP contribution in [0.3, 0.4) is 0 Å². The van der Waals surface area contributed by atoms with Crippen LogP contribution in [0.25, 0.3) is 0 Å². The molecule has 29 heavy (non-hydrogen) atoms. The van der Waals surface area contributed by atoms with E-state index in [4.69, 9.17) is 4.18 Å². The van der Waals surface area contributed by atoms with Gasteiger partial charge in [0.2, 0.25) is 5.91 Å². The lowest BCUT2D eigenvalue weighted by Gasteiger charge is -2.35. The van der Waals surface area contributed by atoms with E-state index in [1.165, 1.54) is 0 Å². The second-order valence-electron chi connectivity index (χ2n) is 7.77. The van der Waals surface area contributed by atoms with Gasteiger partial charge in [0.05, 0.1) is 0 Å². The molecule has 1 heterocycles. The summed E-state index contributed by atoms with van der Waals surface area (Å²) in [6.45, 7) is 8.71. The van der Waals surface area contributed by atoms with E-state index in [-0.39, 0.29) is 16.6 Å². The van der Waals surface area contributed by atoms with Gasteiger partial charge in [-0.15, -0.1) is 0 Å². The average Bonchev–Trinajstić information content (AvgIpc) is 2.68. The molecule has 0 saturated carbocycles. The fraction of sp³-hybridized carbons (Fsp3) is 0.409. The van der Waals surface area contributed by atoms with Crippen LogP contribution in [0.1, 0.15) is 26.3 Å². The highest BCUT2D eigenvalue weighted by molar-refractivity contribution is 7.87. The number of nitrogens with zero attached hydrogens (tertiary/aromatic N) is 2. The fourth-order valence-corrected chi connectivity index (χ4v) is 4.36. The van der Waals surface area contributed by atoms with Crippen molar-refractivity contribution in [1.29, 1.82) is 0 Å². The number of benzene rings is 2. The largest absolute Gasteiger partial charge is 0.379 e. The van der Waals surface area contributed by atoms with Gasteiger partial charge in [0, 0.05) is 38.8 Å². The van der Waals surface area contributed by atoms with E-state index >= 15 is 0 Å². The summed E-state index contributed by atoms with van der Waals surface area (Å²) < 4.78 is 30.4. The molecule has 1 aliphatic heterocycles. The second kappa shape index (κ2) is 8.86. The summed E-state index contributed by atoms with van der Waals surface area (Å²) in [5.74, 6) is 0.885. The highest BCUT2D eigenvalue weighted by atomic mass is 32.2. The zero-order valence-corrected chi connectivity index (χ0v) is 18.0. The van der Waals surface area contributed by atoms with Crippen molar-refractivity contribution in [2.75, 3.05) is 31.1 Å². The van der Waals surface area contributed by atoms with Crippen molar-refractivity contribution in [3.63, 3.8) is 0 Å². The van der Waals surface area contributed by atoms with Crippen LogP contribution >= 0.6 is 0 Å². The summed E-state index contributed by atoms with van der Waals surface area (Å²) in [6.07, 6.45) is 0.906. The smallest absolute Gasteiger partial charge is 0.339 e. The lowest BCUT2D eigenvalue weighted by atomic mass is 10.0. The molecule has 6 nitrogen and oxygen atoms in total. The summed E-state index contributed by atoms with van der Waals surface area (Å²) in [7, 11) is -3.87. The molecule has 0 aromatic heterocycles. The van der Waals surface area contributed by atoms with Crippen molar-refractivity contribution in [3.8, 4) is 5.75 Å². The molecule has 1 fully saturated rings. The molecule has 0 atom stereocenters. The van der Waals surface area contributed by atoms with Crippen LogP contribution < -0.4 is 9.08 Å². The Hall–Kier alpha value is -2.54. The molecule has 1 amide bonds. The molecular formula is C22H28N2O4S. The summed E-state index contributed by atoms with van der Waals surface area (Å²) >= 11 is 0. The number of amides is 1. The first-order valence-electron chi connectivity index (χ1n) is 9.88. The first-order chi connectivity index (χ1) is 13.7. The second-order valence-corrected chi connectivity index (χ2v) is 9.31. The number of piperazine rings is 1. The number of carbonyl (C=O) groups is 1. The van der Waals surface area contributed by atoms with Crippen molar-refractivity contribution in [2.24, 2.45) is 5.92 Å². The van der Waals surface area contributed by atoms with Crippen molar-refractivity contribution in [2.45, 2.75) is 32.1 Å². The third-order valence-corrected chi connectivity index (χ3v) is 6.25. The Morgan fingerprint density at radius 2 is 1.55 bits per heavy atom. The zero-order valence-electron chi connectivity index (χ0n) is 17.2. The van der Waals surface area contributed by atoms with Crippen molar-refractivity contribution >= 4 is 21.7 Å². The lowest BCUT2D eigenvalue weighted by molar-refractivity contribution is -0.129. The van der Waals surface area contributed by atoms with Crippen LogP contribution in [0, 0.1) is 5.92 Å². The summed E-state index contributed by atoms with van der Waals surface area (Å²) in [5, 5.41) is 0. The van der Waals surface area contributed by atoms with Crippen LogP contribution in [-0.2, 0) is 21.3 Å². The zero-order chi connectivity index (χ0) is 21.0. The summed E-state index contributed by atoms with van der Waals surface area (Å²) in [4.78, 5) is 15.6. The molecule has 0 N–H and O–H groups in total. The van der Waals surface area contributed by atoms with E-state index in [2.05, 4.69) is 18.7 Å². The minimum atomic E-state index is -3.87. The molecule has 7 heteroatoms. The third-order valence-electron chi connectivity index (χ3n) is 4.99. The molecule has 0 radical (unpaired) electrons. The van der Waals surface area contributed by atoms with E-state index in [1.54, 1.807) is 31.2 Å². The molecule has 0 spiro atoms. The van der Waals surface area contributed by atoms with Crippen LogP contribution in [0.5, 0.6) is 5.75 Å². The molecule has 2 aromatic carbocycles. The number of hydrogen-bond donors (Lipinski definition) is 0. The lowest BCUT2D eigenvalue weighted by Crippen LogP contribution is -2.48. The Morgan fingerprint density at radius 1 is 0.966 bits per heavy atom. The van der Waals surface area contributed by atoms with Gasteiger partial charge in [-0.3, -0.25) is 4.79 Å². The molecular weight excluding hydrogens is 388 g/mol. The van der Waals surface area contributed by atoms with E-state index in [0.717, 1.165) is 30.8 Å². The number of hydrogen-bond acceptors (Lipinski definition) is 5. The van der Waals surface area contributed by atoms with Gasteiger partial charge in [-0.2, -0.15) is 8.42 Å². The summed E-state index contributed by atoms with van der Waals surface area (Å²) in [6, 6.07) is 13.9. The van der Waals surface area contributed by atoms with E-state index < -0.39 is 10.1 Å². The molecule has 1 saturated heterocycles. The normalized spacial score (nSPS) is 14.9. The highest BCUT2D eigenvalue weighted by Crippen LogP contribution is 2.24. The quantitative estimate of drug-likeness (QED) is 0.676. The Balaban J connectivity index is 1.63. The number of anilines is 1. The van der Waals surface area contributed by atoms with Crippen LogP contribution in [0.15, 0.2) is 53.4 Å². The van der Waals surface area contributed by atoms with Gasteiger partial charge in [0.1, 0.15) is 10.6 Å². The van der Waals surface area contributed by atoms with Crippen molar-refractivity contribution in [1.82, 2.24) is 4.90 Å². The minimum Gasteiger partial charge on any atom is -0.379 e. The average molecular weight is 417 g/mol. The minimum absolute atomic E-state index is 0.0934. The number of rotatable bonds is 6. The molecule has 3 rings (SSSR count). The predicted octanol–water partition coefficient (Wildman–Crippen LogP) is 3.32. The Labute approximate surface area is 173 Å². The summed E-state index contributed by atoms with van der Waals surface area (Å²) in [5.41, 5.74) is 2.09. The molecule has 0 aliphatic carbocycles. The molecule has 1 aliphatic rings. The molecule has 2 aromatic rings. The van der Waals surface area contributed by atoms with Gasteiger partial charge in [-0.25, -0.2) is 0 Å². The first-order valence-corrected chi connectivity index (χ1v) is 11.3.